The van der Waals surface area contributed by atoms with Crippen LogP contribution in [-0.4, -0.2) is 0 Å². The van der Waals surface area contributed by atoms with Crippen LogP contribution in [0, 0.1) is 0 Å². The number of benzene rings is 11. The first kappa shape index (κ1) is 33.6. The molecule has 1 nitrogen and oxygen atoms in total. The van der Waals surface area contributed by atoms with Crippen molar-refractivity contribution in [1.29, 1.82) is 0 Å². The highest BCUT2D eigenvalue weighted by Gasteiger charge is 2.33. The van der Waals surface area contributed by atoms with Gasteiger partial charge in [0.1, 0.15) is 27.1 Å². The van der Waals surface area contributed by atoms with E-state index in [-0.39, 0.29) is 0 Å². The van der Waals surface area contributed by atoms with Gasteiger partial charge in [-0.05, 0) is 136 Å². The summed E-state index contributed by atoms with van der Waals surface area (Å²) in [4.78, 5) is 0. The molecule has 0 amide bonds. The van der Waals surface area contributed by atoms with E-state index in [1.807, 2.05) is 0 Å². The van der Waals surface area contributed by atoms with Gasteiger partial charge in [-0.1, -0.05) is 164 Å². The summed E-state index contributed by atoms with van der Waals surface area (Å²) in [7, 11) is -1.43. The molecule has 2 heteroatoms. The highest BCUT2D eigenvalue weighted by Crippen LogP contribution is 2.59. The topological polar surface area (TPSA) is 13.1 Å². The lowest BCUT2D eigenvalue weighted by Gasteiger charge is -2.20. The number of hydrogen-bond acceptors (Lipinski definition) is 1. The van der Waals surface area contributed by atoms with Gasteiger partial charge >= 0.3 is 0 Å². The fourth-order valence-corrected chi connectivity index (χ4v) is 12.9. The molecule has 0 saturated carbocycles. The van der Waals surface area contributed by atoms with Crippen LogP contribution in [0.4, 0.5) is 0 Å². The van der Waals surface area contributed by atoms with Gasteiger partial charge in [0.05, 0.1) is 7.92 Å². The third-order valence-corrected chi connectivity index (χ3v) is 15.5. The summed E-state index contributed by atoms with van der Waals surface area (Å²) in [6, 6.07) is 78.7. The number of fused-ring (bicyclic) bond motifs is 10. The highest BCUT2D eigenvalue weighted by molar-refractivity contribution is 7.79. The second-order valence-electron chi connectivity index (χ2n) is 16.1. The zero-order chi connectivity index (χ0) is 39.3. The van der Waals surface area contributed by atoms with Crippen molar-refractivity contribution in [2.45, 2.75) is 0 Å². The van der Waals surface area contributed by atoms with Crippen molar-refractivity contribution in [3.63, 3.8) is 0 Å². The second kappa shape index (κ2) is 13.1. The molecule has 60 heavy (non-hydrogen) atoms. The van der Waals surface area contributed by atoms with Crippen LogP contribution in [0.1, 0.15) is 0 Å². The van der Waals surface area contributed by atoms with Crippen LogP contribution in [0.5, 0.6) is 0 Å². The van der Waals surface area contributed by atoms with Crippen molar-refractivity contribution >= 4 is 88.9 Å². The molecule has 0 spiro atoms. The Kier molecular flexibility index (Phi) is 7.35. The van der Waals surface area contributed by atoms with Crippen molar-refractivity contribution in [1.82, 2.24) is 0 Å². The van der Waals surface area contributed by atoms with Gasteiger partial charge in [-0.3, -0.25) is 0 Å². The Hall–Kier alpha value is -7.31. The van der Waals surface area contributed by atoms with E-state index in [0.717, 1.165) is 11.2 Å². The third kappa shape index (κ3) is 4.97. The second-order valence-corrected chi connectivity index (χ2v) is 18.6. The molecule has 13 rings (SSSR count). The first-order chi connectivity index (χ1) is 29.8. The van der Waals surface area contributed by atoms with E-state index >= 15 is 0 Å². The monoisotopic (exact) mass is 779 g/mol. The van der Waals surface area contributed by atoms with Crippen LogP contribution in [-0.2, 0) is 0 Å². The molecule has 0 saturated heterocycles. The first-order valence-corrected chi connectivity index (χ1v) is 22.2. The van der Waals surface area contributed by atoms with Crippen molar-refractivity contribution < 1.29 is 4.42 Å². The molecule has 12 aromatic rings. The molecule has 0 unspecified atom stereocenters. The van der Waals surface area contributed by atoms with Crippen LogP contribution in [0.25, 0.3) is 110 Å². The van der Waals surface area contributed by atoms with E-state index in [4.69, 9.17) is 4.42 Å². The molecular formula is C58H36OP+. The summed E-state index contributed by atoms with van der Waals surface area (Å²) in [6.07, 6.45) is 0. The molecular weight excluding hydrogens is 744 g/mol. The molecule has 1 aromatic heterocycles. The summed E-state index contributed by atoms with van der Waals surface area (Å²) < 4.78 is 6.96. The van der Waals surface area contributed by atoms with E-state index < -0.39 is 7.92 Å². The standard InChI is InChI=1S/C58H35OP/c1-3-16-38(17-4-1)53-45-22-11-12-23-46(45)54(39-18-5-2-6-19-39)58-50-35-52-56(47-24-13-25-48(55(47)50)57(53)58)49-34-44(30-31-51(49)59-52)60(42-28-26-36-14-7-9-20-40(36)32-42)43-29-27-37-15-8-10-21-41(37)33-43/h1-35H/p+1. The summed E-state index contributed by atoms with van der Waals surface area (Å²) in [5.41, 5.74) is 11.9. The maximum absolute atomic E-state index is 6.96. The minimum Gasteiger partial charge on any atom is -0.456 e. The van der Waals surface area contributed by atoms with E-state index in [1.54, 1.807) is 0 Å². The van der Waals surface area contributed by atoms with Gasteiger partial charge < -0.3 is 4.42 Å². The molecule has 1 aliphatic rings. The fraction of sp³-hybridized carbons (Fsp3) is 0. The number of furan rings is 1. The van der Waals surface area contributed by atoms with E-state index in [9.17, 15) is 0 Å². The normalized spacial score (nSPS) is 12.2. The van der Waals surface area contributed by atoms with Crippen LogP contribution < -0.4 is 15.9 Å². The van der Waals surface area contributed by atoms with E-state index in [0.29, 0.717) is 0 Å². The van der Waals surface area contributed by atoms with E-state index in [2.05, 4.69) is 212 Å². The van der Waals surface area contributed by atoms with Crippen LogP contribution in [0.15, 0.2) is 217 Å². The zero-order valence-corrected chi connectivity index (χ0v) is 33.6. The predicted octanol–water partition coefficient (Wildman–Crippen LogP) is 14.7. The lowest BCUT2D eigenvalue weighted by atomic mass is 9.82. The smallest absolute Gasteiger partial charge is 0.136 e. The van der Waals surface area contributed by atoms with Gasteiger partial charge in [-0.25, -0.2) is 0 Å². The van der Waals surface area contributed by atoms with Crippen molar-refractivity contribution in [2.24, 2.45) is 0 Å². The SMILES string of the molecule is c1ccc(-c2c3c(c(-c4ccccc4)c4ccccc24)-c2cc4oc5ccc([PH+](c6ccc7ccccc7c6)c6ccc7ccccc7c6)cc5c4c4cccc-3c24)cc1. The lowest BCUT2D eigenvalue weighted by Crippen LogP contribution is -2.20. The van der Waals surface area contributed by atoms with Gasteiger partial charge in [0.25, 0.3) is 0 Å². The lowest BCUT2D eigenvalue weighted by molar-refractivity contribution is 0.669. The highest BCUT2D eigenvalue weighted by atomic mass is 31.1. The Morgan fingerprint density at radius 3 is 1.40 bits per heavy atom. The van der Waals surface area contributed by atoms with Crippen molar-refractivity contribution in [3.8, 4) is 44.5 Å². The maximum atomic E-state index is 6.96. The Balaban J connectivity index is 1.10. The Bertz CT molecular complexity index is 3630. The average molecular weight is 780 g/mol. The van der Waals surface area contributed by atoms with Gasteiger partial charge in [-0.15, -0.1) is 0 Å². The summed E-state index contributed by atoms with van der Waals surface area (Å²) in [6.45, 7) is 0. The van der Waals surface area contributed by atoms with Gasteiger partial charge in [-0.2, -0.15) is 0 Å². The summed E-state index contributed by atoms with van der Waals surface area (Å²) in [5, 5.41) is 16.6. The van der Waals surface area contributed by atoms with Crippen molar-refractivity contribution in [3.05, 3.63) is 212 Å². The minimum absolute atomic E-state index is 0.920. The number of hydrogen-bond donors (Lipinski definition) is 0. The fourth-order valence-electron chi connectivity index (χ4n) is 10.3. The summed E-state index contributed by atoms with van der Waals surface area (Å²) in [5.74, 6) is 0. The average Bonchev–Trinajstić information content (AvgIpc) is 3.85. The first-order valence-electron chi connectivity index (χ1n) is 20.7. The molecule has 0 fully saturated rings. The largest absolute Gasteiger partial charge is 0.456 e. The van der Waals surface area contributed by atoms with E-state index in [1.165, 1.54) is 114 Å². The zero-order valence-electron chi connectivity index (χ0n) is 32.6. The Morgan fingerprint density at radius 2 is 0.783 bits per heavy atom. The Morgan fingerprint density at radius 1 is 0.283 bits per heavy atom. The molecule has 0 aliphatic heterocycles. The molecule has 278 valence electrons. The molecule has 1 heterocycles. The van der Waals surface area contributed by atoms with Gasteiger partial charge in [0, 0.05) is 10.8 Å². The molecule has 1 aliphatic carbocycles. The van der Waals surface area contributed by atoms with Crippen molar-refractivity contribution in [2.75, 3.05) is 0 Å². The molecule has 0 bridgehead atoms. The molecule has 0 N–H and O–H groups in total. The minimum atomic E-state index is -1.43. The molecule has 11 aromatic carbocycles. The quantitative estimate of drug-likeness (QED) is 0.159. The third-order valence-electron chi connectivity index (χ3n) is 12.8. The Labute approximate surface area is 348 Å². The van der Waals surface area contributed by atoms with Crippen LogP contribution in [0.3, 0.4) is 0 Å². The number of rotatable bonds is 5. The van der Waals surface area contributed by atoms with Gasteiger partial charge in [0.2, 0.25) is 0 Å². The summed E-state index contributed by atoms with van der Waals surface area (Å²) >= 11 is 0. The van der Waals surface area contributed by atoms with Crippen LogP contribution in [0.2, 0.25) is 0 Å². The molecule has 0 radical (unpaired) electrons. The maximum Gasteiger partial charge on any atom is 0.136 e. The van der Waals surface area contributed by atoms with Gasteiger partial charge in [0.15, 0.2) is 0 Å². The van der Waals surface area contributed by atoms with Crippen LogP contribution >= 0.6 is 7.92 Å². The molecule has 0 atom stereocenters. The predicted molar refractivity (Wildman–Crippen MR) is 259 cm³/mol.